The maximum atomic E-state index is 5.50. The van der Waals surface area contributed by atoms with E-state index in [1.165, 1.54) is 5.56 Å². The molecule has 1 heterocycles. The lowest BCUT2D eigenvalue weighted by atomic mass is 10.2. The van der Waals surface area contributed by atoms with Gasteiger partial charge in [0.2, 0.25) is 0 Å². The van der Waals surface area contributed by atoms with Crippen molar-refractivity contribution in [3.05, 3.63) is 30.1 Å². The second-order valence-corrected chi connectivity index (χ2v) is 3.33. The van der Waals surface area contributed by atoms with Crippen LogP contribution in [0.5, 0.6) is 0 Å². The van der Waals surface area contributed by atoms with Gasteiger partial charge in [-0.1, -0.05) is 6.92 Å². The zero-order chi connectivity index (χ0) is 9.52. The minimum absolute atomic E-state index is 0.543. The smallest absolute Gasteiger partial charge is 0.0271 e. The zero-order valence-electron chi connectivity index (χ0n) is 8.03. The van der Waals surface area contributed by atoms with E-state index in [1.807, 2.05) is 24.5 Å². The lowest BCUT2D eigenvalue weighted by Crippen LogP contribution is -2.25. The van der Waals surface area contributed by atoms with Gasteiger partial charge in [-0.15, -0.1) is 0 Å². The van der Waals surface area contributed by atoms with E-state index < -0.39 is 0 Å². The minimum atomic E-state index is 0.543. The Balaban J connectivity index is 2.20. The summed E-state index contributed by atoms with van der Waals surface area (Å²) in [6.45, 7) is 4.74. The molecule has 13 heavy (non-hydrogen) atoms. The molecule has 3 N–H and O–H groups in total. The molecule has 1 rings (SSSR count). The molecule has 1 aromatic rings. The van der Waals surface area contributed by atoms with Crippen molar-refractivity contribution < 1.29 is 0 Å². The molecule has 3 heteroatoms. The molecule has 0 saturated heterocycles. The van der Waals surface area contributed by atoms with Crippen molar-refractivity contribution in [2.45, 2.75) is 13.5 Å². The molecule has 0 aliphatic rings. The van der Waals surface area contributed by atoms with E-state index in [0.717, 1.165) is 19.6 Å². The van der Waals surface area contributed by atoms with E-state index in [2.05, 4.69) is 17.2 Å². The summed E-state index contributed by atoms with van der Waals surface area (Å²) in [5.74, 6) is 0.543. The Morgan fingerprint density at radius 3 is 2.77 bits per heavy atom. The lowest BCUT2D eigenvalue weighted by molar-refractivity contribution is 0.522. The number of hydrogen-bond acceptors (Lipinski definition) is 3. The first-order valence-electron chi connectivity index (χ1n) is 4.62. The second-order valence-electron chi connectivity index (χ2n) is 3.33. The number of nitrogens with one attached hydrogen (secondary N) is 1. The van der Waals surface area contributed by atoms with Crippen LogP contribution in [0.25, 0.3) is 0 Å². The SMILES string of the molecule is CC(CN)CNCc1ccncc1. The van der Waals surface area contributed by atoms with Gasteiger partial charge in [-0.2, -0.15) is 0 Å². The highest BCUT2D eigenvalue weighted by Gasteiger charge is 1.97. The van der Waals surface area contributed by atoms with Gasteiger partial charge >= 0.3 is 0 Å². The van der Waals surface area contributed by atoms with Crippen molar-refractivity contribution in [1.82, 2.24) is 10.3 Å². The predicted octanol–water partition coefficient (Wildman–Crippen LogP) is 0.766. The highest BCUT2D eigenvalue weighted by molar-refractivity contribution is 5.08. The maximum absolute atomic E-state index is 5.50. The third-order valence-electron chi connectivity index (χ3n) is 1.97. The first kappa shape index (κ1) is 10.2. The first-order chi connectivity index (χ1) is 6.33. The van der Waals surface area contributed by atoms with Crippen LogP contribution in [-0.2, 0) is 6.54 Å². The van der Waals surface area contributed by atoms with E-state index in [9.17, 15) is 0 Å². The molecular weight excluding hydrogens is 162 g/mol. The van der Waals surface area contributed by atoms with Gasteiger partial charge in [0, 0.05) is 18.9 Å². The van der Waals surface area contributed by atoms with Crippen molar-refractivity contribution in [3.8, 4) is 0 Å². The highest BCUT2D eigenvalue weighted by Crippen LogP contribution is 1.95. The van der Waals surface area contributed by atoms with Crippen LogP contribution in [0.4, 0.5) is 0 Å². The number of aromatic nitrogens is 1. The molecule has 0 fully saturated rings. The summed E-state index contributed by atoms with van der Waals surface area (Å²) in [5.41, 5.74) is 6.76. The molecule has 0 saturated carbocycles. The molecule has 72 valence electrons. The van der Waals surface area contributed by atoms with E-state index in [4.69, 9.17) is 5.73 Å². The van der Waals surface area contributed by atoms with E-state index in [0.29, 0.717) is 5.92 Å². The summed E-state index contributed by atoms with van der Waals surface area (Å²) < 4.78 is 0. The molecular formula is C10H17N3. The zero-order valence-corrected chi connectivity index (χ0v) is 8.03. The van der Waals surface area contributed by atoms with Crippen LogP contribution in [-0.4, -0.2) is 18.1 Å². The van der Waals surface area contributed by atoms with Crippen molar-refractivity contribution >= 4 is 0 Å². The van der Waals surface area contributed by atoms with Crippen molar-refractivity contribution in [3.63, 3.8) is 0 Å². The average Bonchev–Trinajstić information content (AvgIpc) is 2.19. The molecule has 0 bridgehead atoms. The van der Waals surface area contributed by atoms with Gasteiger partial charge in [-0.05, 0) is 36.7 Å². The second kappa shape index (κ2) is 5.67. The fraction of sp³-hybridized carbons (Fsp3) is 0.500. The number of hydrogen-bond donors (Lipinski definition) is 2. The molecule has 3 nitrogen and oxygen atoms in total. The number of nitrogens with two attached hydrogens (primary N) is 1. The van der Waals surface area contributed by atoms with Crippen LogP contribution in [0.1, 0.15) is 12.5 Å². The number of rotatable bonds is 5. The molecule has 0 aromatic carbocycles. The molecule has 0 aliphatic carbocycles. The maximum Gasteiger partial charge on any atom is 0.0271 e. The predicted molar refractivity (Wildman–Crippen MR) is 54.2 cm³/mol. The van der Waals surface area contributed by atoms with Crippen LogP contribution >= 0.6 is 0 Å². The average molecular weight is 179 g/mol. The summed E-state index contributed by atoms with van der Waals surface area (Å²) in [5, 5.41) is 3.34. The van der Waals surface area contributed by atoms with Crippen LogP contribution in [0.2, 0.25) is 0 Å². The molecule has 0 radical (unpaired) electrons. The van der Waals surface area contributed by atoms with E-state index in [-0.39, 0.29) is 0 Å². The molecule has 1 unspecified atom stereocenters. The summed E-state index contributed by atoms with van der Waals surface area (Å²) >= 11 is 0. The lowest BCUT2D eigenvalue weighted by Gasteiger charge is -2.09. The summed E-state index contributed by atoms with van der Waals surface area (Å²) in [6, 6.07) is 4.03. The third-order valence-corrected chi connectivity index (χ3v) is 1.97. The molecule has 0 aliphatic heterocycles. The number of pyridine rings is 1. The largest absolute Gasteiger partial charge is 0.330 e. The van der Waals surface area contributed by atoms with Gasteiger partial charge in [-0.25, -0.2) is 0 Å². The van der Waals surface area contributed by atoms with E-state index >= 15 is 0 Å². The van der Waals surface area contributed by atoms with Crippen LogP contribution in [0, 0.1) is 5.92 Å². The van der Waals surface area contributed by atoms with Crippen LogP contribution in [0.15, 0.2) is 24.5 Å². The molecule has 0 spiro atoms. The molecule has 1 aromatic heterocycles. The summed E-state index contributed by atoms with van der Waals surface area (Å²) in [4.78, 5) is 3.96. The fourth-order valence-electron chi connectivity index (χ4n) is 1.05. The van der Waals surface area contributed by atoms with Gasteiger partial charge in [0.1, 0.15) is 0 Å². The molecule has 1 atom stereocenters. The Labute approximate surface area is 79.4 Å². The van der Waals surface area contributed by atoms with Gasteiger partial charge in [-0.3, -0.25) is 4.98 Å². The van der Waals surface area contributed by atoms with Crippen molar-refractivity contribution in [2.24, 2.45) is 11.7 Å². The minimum Gasteiger partial charge on any atom is -0.330 e. The van der Waals surface area contributed by atoms with Crippen molar-refractivity contribution in [2.75, 3.05) is 13.1 Å². The first-order valence-corrected chi connectivity index (χ1v) is 4.62. The molecule has 0 amide bonds. The van der Waals surface area contributed by atoms with Gasteiger partial charge in [0.15, 0.2) is 0 Å². The monoisotopic (exact) mass is 179 g/mol. The Morgan fingerprint density at radius 2 is 2.15 bits per heavy atom. The Hall–Kier alpha value is -0.930. The number of nitrogens with zero attached hydrogens (tertiary/aromatic N) is 1. The van der Waals surface area contributed by atoms with Crippen molar-refractivity contribution in [1.29, 1.82) is 0 Å². The Kier molecular flexibility index (Phi) is 4.43. The summed E-state index contributed by atoms with van der Waals surface area (Å²) in [7, 11) is 0. The van der Waals surface area contributed by atoms with Gasteiger partial charge < -0.3 is 11.1 Å². The summed E-state index contributed by atoms with van der Waals surface area (Å²) in [6.07, 6.45) is 3.62. The quantitative estimate of drug-likeness (QED) is 0.702. The standard InChI is InChI=1S/C10H17N3/c1-9(6-11)7-13-8-10-2-4-12-5-3-10/h2-5,9,13H,6-8,11H2,1H3. The van der Waals surface area contributed by atoms with E-state index in [1.54, 1.807) is 0 Å². The third kappa shape index (κ3) is 4.01. The van der Waals surface area contributed by atoms with Gasteiger partial charge in [0.05, 0.1) is 0 Å². The fourth-order valence-corrected chi connectivity index (χ4v) is 1.05. The topological polar surface area (TPSA) is 50.9 Å². The highest BCUT2D eigenvalue weighted by atomic mass is 14.9. The van der Waals surface area contributed by atoms with Crippen LogP contribution in [0.3, 0.4) is 0 Å². The van der Waals surface area contributed by atoms with Gasteiger partial charge in [0.25, 0.3) is 0 Å². The Bertz CT molecular complexity index is 223. The van der Waals surface area contributed by atoms with Crippen LogP contribution < -0.4 is 11.1 Å². The normalized spacial score (nSPS) is 12.8. The Morgan fingerprint density at radius 1 is 1.46 bits per heavy atom.